The molecule has 1 aliphatic heterocycles. The lowest BCUT2D eigenvalue weighted by atomic mass is 10.0. The summed E-state index contributed by atoms with van der Waals surface area (Å²) < 4.78 is 1.73. The van der Waals surface area contributed by atoms with Gasteiger partial charge >= 0.3 is 0 Å². The molecule has 1 fully saturated rings. The minimum atomic E-state index is -0.0956. The number of hydrogen-bond donors (Lipinski definition) is 3. The lowest BCUT2D eigenvalue weighted by molar-refractivity contribution is 0.0924. The second-order valence-corrected chi connectivity index (χ2v) is 6.51. The second kappa shape index (κ2) is 6.29. The highest BCUT2D eigenvalue weighted by Gasteiger charge is 2.21. The van der Waals surface area contributed by atoms with E-state index in [-0.39, 0.29) is 11.9 Å². The van der Waals surface area contributed by atoms with Gasteiger partial charge in [0.15, 0.2) is 5.65 Å². The predicted molar refractivity (Wildman–Crippen MR) is 93.4 cm³/mol. The Kier molecular flexibility index (Phi) is 3.96. The highest BCUT2D eigenvalue weighted by molar-refractivity contribution is 5.95. The SMILES string of the molecule is Cc1c(-c2cc(C)c3ncnn3c2)n[nH]c1C(=O)NC1CCNCC1. The van der Waals surface area contributed by atoms with E-state index in [4.69, 9.17) is 0 Å². The number of aryl methyl sites for hydroxylation is 1. The molecule has 0 atom stereocenters. The lowest BCUT2D eigenvalue weighted by Gasteiger charge is -2.23. The largest absolute Gasteiger partial charge is 0.348 e. The monoisotopic (exact) mass is 339 g/mol. The van der Waals surface area contributed by atoms with Gasteiger partial charge in [-0.2, -0.15) is 10.2 Å². The molecule has 3 aromatic rings. The molecule has 0 aromatic carbocycles. The minimum Gasteiger partial charge on any atom is -0.348 e. The van der Waals surface area contributed by atoms with E-state index in [1.54, 1.807) is 4.52 Å². The minimum absolute atomic E-state index is 0.0956. The van der Waals surface area contributed by atoms with E-state index in [2.05, 4.69) is 30.9 Å². The first-order chi connectivity index (χ1) is 12.1. The Bertz CT molecular complexity index is 920. The quantitative estimate of drug-likeness (QED) is 0.666. The van der Waals surface area contributed by atoms with E-state index < -0.39 is 0 Å². The molecule has 8 nitrogen and oxygen atoms in total. The van der Waals surface area contributed by atoms with Crippen LogP contribution in [0.4, 0.5) is 0 Å². The zero-order chi connectivity index (χ0) is 17.4. The fraction of sp³-hybridized carbons (Fsp3) is 0.412. The van der Waals surface area contributed by atoms with Crippen LogP contribution in [0, 0.1) is 13.8 Å². The number of carbonyl (C=O) groups is 1. The Morgan fingerprint density at radius 2 is 2.12 bits per heavy atom. The van der Waals surface area contributed by atoms with E-state index in [0.29, 0.717) is 5.69 Å². The summed E-state index contributed by atoms with van der Waals surface area (Å²) in [5.74, 6) is -0.0956. The molecule has 1 amide bonds. The lowest BCUT2D eigenvalue weighted by Crippen LogP contribution is -2.43. The molecule has 3 N–H and O–H groups in total. The Hall–Kier alpha value is -2.74. The standard InChI is InChI=1S/C17H21N7O/c1-10-7-12(8-24-16(10)19-9-20-24)14-11(2)15(23-22-14)17(25)21-13-3-5-18-6-4-13/h7-9,13,18H,3-6H2,1-2H3,(H,21,25)(H,22,23). The molecule has 1 aliphatic rings. The van der Waals surface area contributed by atoms with Crippen molar-refractivity contribution in [3.05, 3.63) is 35.4 Å². The third kappa shape index (κ3) is 2.89. The van der Waals surface area contributed by atoms with E-state index >= 15 is 0 Å². The predicted octanol–water partition coefficient (Wildman–Crippen LogP) is 1.22. The highest BCUT2D eigenvalue weighted by Crippen LogP contribution is 2.25. The first-order valence-corrected chi connectivity index (χ1v) is 8.50. The maximum atomic E-state index is 12.6. The molecule has 0 saturated carbocycles. The number of nitrogens with one attached hydrogen (secondary N) is 3. The average molecular weight is 339 g/mol. The number of aromatic nitrogens is 5. The third-order valence-corrected chi connectivity index (χ3v) is 4.74. The van der Waals surface area contributed by atoms with Crippen LogP contribution in [0.15, 0.2) is 18.6 Å². The first kappa shape index (κ1) is 15.8. The average Bonchev–Trinajstić information content (AvgIpc) is 3.22. The van der Waals surface area contributed by atoms with Crippen LogP contribution in [0.1, 0.15) is 34.5 Å². The van der Waals surface area contributed by atoms with Gasteiger partial charge in [0.2, 0.25) is 0 Å². The number of fused-ring (bicyclic) bond motifs is 1. The van der Waals surface area contributed by atoms with Crippen molar-refractivity contribution in [1.29, 1.82) is 0 Å². The number of aromatic amines is 1. The van der Waals surface area contributed by atoms with Crippen molar-refractivity contribution in [2.24, 2.45) is 0 Å². The number of carbonyl (C=O) groups excluding carboxylic acids is 1. The Labute approximate surface area is 145 Å². The van der Waals surface area contributed by atoms with Gasteiger partial charge in [0.1, 0.15) is 12.0 Å². The van der Waals surface area contributed by atoms with E-state index in [1.165, 1.54) is 6.33 Å². The van der Waals surface area contributed by atoms with Crippen LogP contribution in [0.2, 0.25) is 0 Å². The van der Waals surface area contributed by atoms with Crippen LogP contribution < -0.4 is 10.6 Å². The third-order valence-electron chi connectivity index (χ3n) is 4.74. The second-order valence-electron chi connectivity index (χ2n) is 6.51. The van der Waals surface area contributed by atoms with Gasteiger partial charge in [-0.05, 0) is 51.4 Å². The van der Waals surface area contributed by atoms with Crippen molar-refractivity contribution in [2.45, 2.75) is 32.7 Å². The molecular formula is C17H21N7O. The Balaban J connectivity index is 1.62. The van der Waals surface area contributed by atoms with E-state index in [9.17, 15) is 4.79 Å². The number of nitrogens with zero attached hydrogens (tertiary/aromatic N) is 4. The summed E-state index contributed by atoms with van der Waals surface area (Å²) in [7, 11) is 0. The zero-order valence-corrected chi connectivity index (χ0v) is 14.3. The molecular weight excluding hydrogens is 318 g/mol. The molecule has 1 saturated heterocycles. The normalized spacial score (nSPS) is 15.6. The van der Waals surface area contributed by atoms with Crippen molar-refractivity contribution >= 4 is 11.6 Å². The molecule has 25 heavy (non-hydrogen) atoms. The summed E-state index contributed by atoms with van der Waals surface area (Å²) in [6, 6.07) is 2.23. The van der Waals surface area contributed by atoms with Crippen LogP contribution in [0.25, 0.3) is 16.9 Å². The topological polar surface area (TPSA) is 100 Å². The van der Waals surface area contributed by atoms with Crippen molar-refractivity contribution in [1.82, 2.24) is 35.4 Å². The molecule has 0 unspecified atom stereocenters. The van der Waals surface area contributed by atoms with Crippen molar-refractivity contribution < 1.29 is 4.79 Å². The number of hydrogen-bond acceptors (Lipinski definition) is 5. The number of rotatable bonds is 3. The number of pyridine rings is 1. The maximum absolute atomic E-state index is 12.6. The number of piperidine rings is 1. The van der Waals surface area contributed by atoms with Gasteiger partial charge in [-0.25, -0.2) is 9.50 Å². The van der Waals surface area contributed by atoms with Crippen LogP contribution >= 0.6 is 0 Å². The van der Waals surface area contributed by atoms with Crippen molar-refractivity contribution in [3.63, 3.8) is 0 Å². The van der Waals surface area contributed by atoms with E-state index in [0.717, 1.165) is 54.0 Å². The first-order valence-electron chi connectivity index (χ1n) is 8.50. The molecule has 0 spiro atoms. The van der Waals surface area contributed by atoms with Gasteiger partial charge < -0.3 is 10.6 Å². The van der Waals surface area contributed by atoms with Crippen LogP contribution in [0.3, 0.4) is 0 Å². The van der Waals surface area contributed by atoms with Gasteiger partial charge in [-0.3, -0.25) is 9.89 Å². The van der Waals surface area contributed by atoms with Gasteiger partial charge in [0, 0.05) is 23.4 Å². The summed E-state index contributed by atoms with van der Waals surface area (Å²) in [5.41, 5.74) is 4.86. The van der Waals surface area contributed by atoms with Gasteiger partial charge in [-0.1, -0.05) is 0 Å². The molecule has 0 aliphatic carbocycles. The Morgan fingerprint density at radius 1 is 1.32 bits per heavy atom. The summed E-state index contributed by atoms with van der Waals surface area (Å²) in [5, 5.41) is 17.9. The fourth-order valence-electron chi connectivity index (χ4n) is 3.35. The summed E-state index contributed by atoms with van der Waals surface area (Å²) in [6.07, 6.45) is 5.32. The van der Waals surface area contributed by atoms with Crippen molar-refractivity contribution in [3.8, 4) is 11.3 Å². The van der Waals surface area contributed by atoms with Crippen molar-refractivity contribution in [2.75, 3.05) is 13.1 Å². The van der Waals surface area contributed by atoms with Crippen LogP contribution in [-0.4, -0.2) is 49.8 Å². The van der Waals surface area contributed by atoms with Crippen LogP contribution in [-0.2, 0) is 0 Å². The molecule has 4 heterocycles. The number of H-pyrrole nitrogens is 1. The molecule has 0 bridgehead atoms. The zero-order valence-electron chi connectivity index (χ0n) is 14.3. The molecule has 3 aromatic heterocycles. The molecule has 0 radical (unpaired) electrons. The van der Waals surface area contributed by atoms with Gasteiger partial charge in [0.05, 0.1) is 5.69 Å². The maximum Gasteiger partial charge on any atom is 0.269 e. The Morgan fingerprint density at radius 3 is 2.92 bits per heavy atom. The van der Waals surface area contributed by atoms with Gasteiger partial charge in [-0.15, -0.1) is 0 Å². The summed E-state index contributed by atoms with van der Waals surface area (Å²) >= 11 is 0. The summed E-state index contributed by atoms with van der Waals surface area (Å²) in [6.45, 7) is 5.78. The van der Waals surface area contributed by atoms with Gasteiger partial charge in [0.25, 0.3) is 5.91 Å². The fourth-order valence-corrected chi connectivity index (χ4v) is 3.35. The number of amides is 1. The van der Waals surface area contributed by atoms with Crippen LogP contribution in [0.5, 0.6) is 0 Å². The highest BCUT2D eigenvalue weighted by atomic mass is 16.2. The summed E-state index contributed by atoms with van der Waals surface area (Å²) in [4.78, 5) is 16.8. The molecule has 130 valence electrons. The molecule has 4 rings (SSSR count). The molecule has 8 heteroatoms. The smallest absolute Gasteiger partial charge is 0.269 e. The van der Waals surface area contributed by atoms with E-state index in [1.807, 2.05) is 26.1 Å².